The molecule has 0 unspecified atom stereocenters. The number of carbonyl (C=O) groups is 6. The average Bonchev–Trinajstić information content (AvgIpc) is 3.65. The summed E-state index contributed by atoms with van der Waals surface area (Å²) in [7, 11) is 1.24. The van der Waals surface area contributed by atoms with Crippen molar-refractivity contribution in [3.8, 4) is 0 Å². The first-order valence-electron chi connectivity index (χ1n) is 16.5. The molecule has 4 saturated carbocycles. The number of methoxy groups -OCH3 is 1. The van der Waals surface area contributed by atoms with Gasteiger partial charge in [0, 0.05) is 62.3 Å². The highest BCUT2D eigenvalue weighted by molar-refractivity contribution is 5.74. The molecule has 5 aliphatic rings. The Balaban J connectivity index is 1.69. The summed E-state index contributed by atoms with van der Waals surface area (Å²) in [5.74, 6) is -7.99. The number of rotatable bonds is 7. The molecule has 0 radical (unpaired) electrons. The molecule has 268 valence electrons. The average molecular weight is 689 g/mol. The summed E-state index contributed by atoms with van der Waals surface area (Å²) in [6.45, 7) is 10.3. The molecule has 0 aromatic carbocycles. The molecule has 2 heterocycles. The van der Waals surface area contributed by atoms with Crippen molar-refractivity contribution >= 4 is 35.8 Å². The Morgan fingerprint density at radius 1 is 0.918 bits per heavy atom. The molecule has 49 heavy (non-hydrogen) atoms. The van der Waals surface area contributed by atoms with E-state index in [1.54, 1.807) is 13.0 Å². The van der Waals surface area contributed by atoms with Gasteiger partial charge in [0.05, 0.1) is 37.4 Å². The summed E-state index contributed by atoms with van der Waals surface area (Å²) in [4.78, 5) is 78.5. The summed E-state index contributed by atoms with van der Waals surface area (Å²) in [6.07, 6.45) is -2.41. The lowest BCUT2D eigenvalue weighted by Gasteiger charge is -2.72. The van der Waals surface area contributed by atoms with Crippen molar-refractivity contribution < 1.29 is 66.7 Å². The zero-order chi connectivity index (χ0) is 36.1. The van der Waals surface area contributed by atoms with Crippen LogP contribution in [0, 0.1) is 39.9 Å². The van der Waals surface area contributed by atoms with Crippen molar-refractivity contribution in [1.82, 2.24) is 0 Å². The van der Waals surface area contributed by atoms with Crippen LogP contribution in [0.3, 0.4) is 0 Å². The second-order valence-electron chi connectivity index (χ2n) is 15.2. The highest BCUT2D eigenvalue weighted by atomic mass is 16.6. The normalized spacial score (nSPS) is 44.5. The van der Waals surface area contributed by atoms with Crippen LogP contribution in [0.4, 0.5) is 0 Å². The van der Waals surface area contributed by atoms with Gasteiger partial charge in [-0.1, -0.05) is 20.8 Å². The Morgan fingerprint density at radius 2 is 1.55 bits per heavy atom. The number of ether oxygens (including phenoxy) is 6. The first-order valence-corrected chi connectivity index (χ1v) is 16.5. The predicted octanol–water partition coefficient (Wildman–Crippen LogP) is 2.98. The molecule has 0 spiro atoms. The smallest absolute Gasteiger partial charge is 0.306 e. The van der Waals surface area contributed by atoms with Crippen molar-refractivity contribution in [3.63, 3.8) is 0 Å². The van der Waals surface area contributed by atoms with Gasteiger partial charge in [-0.25, -0.2) is 0 Å². The highest BCUT2D eigenvalue weighted by Gasteiger charge is 2.91. The summed E-state index contributed by atoms with van der Waals surface area (Å²) >= 11 is 0. The van der Waals surface area contributed by atoms with Crippen LogP contribution in [0.15, 0.2) is 23.0 Å². The second-order valence-corrected chi connectivity index (χ2v) is 15.2. The number of cyclic esters (lactones) is 1. The van der Waals surface area contributed by atoms with E-state index in [1.807, 2.05) is 13.8 Å². The van der Waals surface area contributed by atoms with Crippen molar-refractivity contribution in [3.05, 3.63) is 24.2 Å². The van der Waals surface area contributed by atoms with Crippen molar-refractivity contribution in [1.29, 1.82) is 0 Å². The third-order valence-electron chi connectivity index (χ3n) is 13.0. The lowest BCUT2D eigenvalue weighted by Crippen LogP contribution is -2.83. The van der Waals surface area contributed by atoms with Crippen molar-refractivity contribution in [2.75, 3.05) is 7.11 Å². The van der Waals surface area contributed by atoms with Gasteiger partial charge in [0.15, 0.2) is 0 Å². The van der Waals surface area contributed by atoms with E-state index in [1.165, 1.54) is 47.3 Å². The quantitative estimate of drug-likeness (QED) is 0.325. The molecule has 1 aromatic heterocycles. The Morgan fingerprint density at radius 3 is 2.10 bits per heavy atom. The zero-order valence-corrected chi connectivity index (χ0v) is 28.9. The molecule has 1 aromatic rings. The van der Waals surface area contributed by atoms with Gasteiger partial charge in [0.2, 0.25) is 0 Å². The molecule has 13 atom stereocenters. The summed E-state index contributed by atoms with van der Waals surface area (Å²) in [6, 6.07) is 1.61. The maximum Gasteiger partial charge on any atom is 0.306 e. The van der Waals surface area contributed by atoms with E-state index in [4.69, 9.17) is 32.8 Å². The first-order chi connectivity index (χ1) is 22.8. The van der Waals surface area contributed by atoms with Crippen LogP contribution in [0.2, 0.25) is 0 Å². The second kappa shape index (κ2) is 11.3. The van der Waals surface area contributed by atoms with Crippen LogP contribution in [0.25, 0.3) is 0 Å². The zero-order valence-electron chi connectivity index (χ0n) is 28.9. The number of fused-ring (bicyclic) bond motifs is 5. The standard InChI is InChI=1S/C35H44O14/c1-16(36)45-24-11-23-33(7)21(12-25(40)43-8)31(5)15-34(33,49-19(4)39)27(29(31)46-17(2)37)30(47-18(3)38)35(23,42)22-13-26(41)48-28(32(22,24)6)20-9-10-44-14-20/h9-10,14,21-24,27-30,42H,11-13,15H2,1-8H3/t21-,22+,23+,24-,27+,28-,29+,30+,31+,32-,33-,34-,35-/m0/s1. The molecule has 1 saturated heterocycles. The minimum Gasteiger partial charge on any atom is -0.472 e. The summed E-state index contributed by atoms with van der Waals surface area (Å²) < 4.78 is 41.0. The van der Waals surface area contributed by atoms with E-state index < -0.39 is 111 Å². The fourth-order valence-electron chi connectivity index (χ4n) is 11.6. The Hall–Kier alpha value is -3.94. The summed E-state index contributed by atoms with van der Waals surface area (Å²) in [5.41, 5.74) is -6.92. The lowest BCUT2D eigenvalue weighted by molar-refractivity contribution is -0.365. The molecule has 2 bridgehead atoms. The molecular weight excluding hydrogens is 644 g/mol. The molecule has 14 nitrogen and oxygen atoms in total. The Kier molecular flexibility index (Phi) is 8.04. The van der Waals surface area contributed by atoms with Crippen LogP contribution in [-0.4, -0.2) is 77.5 Å². The minimum atomic E-state index is -2.11. The van der Waals surface area contributed by atoms with E-state index in [2.05, 4.69) is 0 Å². The molecular formula is C35H44O14. The fourth-order valence-corrected chi connectivity index (χ4v) is 11.6. The van der Waals surface area contributed by atoms with E-state index in [0.717, 1.165) is 0 Å². The molecule has 0 amide bonds. The van der Waals surface area contributed by atoms with Gasteiger partial charge >= 0.3 is 35.8 Å². The topological polar surface area (TPSA) is 191 Å². The maximum atomic E-state index is 13.7. The monoisotopic (exact) mass is 688 g/mol. The predicted molar refractivity (Wildman–Crippen MR) is 162 cm³/mol. The van der Waals surface area contributed by atoms with E-state index in [0.29, 0.717) is 5.56 Å². The van der Waals surface area contributed by atoms with E-state index >= 15 is 0 Å². The van der Waals surface area contributed by atoms with Gasteiger partial charge in [-0.2, -0.15) is 0 Å². The van der Waals surface area contributed by atoms with Gasteiger partial charge in [0.25, 0.3) is 0 Å². The van der Waals surface area contributed by atoms with Gasteiger partial charge in [-0.15, -0.1) is 0 Å². The molecule has 1 aliphatic heterocycles. The molecule has 5 fully saturated rings. The van der Waals surface area contributed by atoms with Crippen LogP contribution in [-0.2, 0) is 57.2 Å². The lowest BCUT2D eigenvalue weighted by atomic mass is 9.36. The number of hydrogen-bond acceptors (Lipinski definition) is 14. The SMILES string of the molecule is COC(=O)C[C@H]1[C@@]2(C)C[C@]3(OC(C)=O)[C@H]([C@H]2OC(C)=O)[C@@H](OC(C)=O)[C@]2(O)[C@@H]4CC(=O)O[C@@H](c5ccoc5)[C@]4(C)[C@@H](OC(C)=O)C[C@@H]2[C@]13C. The number of esters is 6. The molecule has 6 rings (SSSR count). The Labute approximate surface area is 283 Å². The van der Waals surface area contributed by atoms with Crippen molar-refractivity contribution in [2.24, 2.45) is 39.9 Å². The minimum absolute atomic E-state index is 0.0645. The molecule has 14 heteroatoms. The summed E-state index contributed by atoms with van der Waals surface area (Å²) in [5, 5.41) is 13.7. The third-order valence-corrected chi connectivity index (χ3v) is 13.0. The number of furan rings is 1. The van der Waals surface area contributed by atoms with Gasteiger partial charge in [-0.3, -0.25) is 28.8 Å². The van der Waals surface area contributed by atoms with E-state index in [9.17, 15) is 33.9 Å². The maximum absolute atomic E-state index is 13.7. The number of hydrogen-bond donors (Lipinski definition) is 1. The molecule has 4 aliphatic carbocycles. The fraction of sp³-hybridized carbons (Fsp3) is 0.714. The van der Waals surface area contributed by atoms with Crippen LogP contribution in [0.1, 0.15) is 85.8 Å². The van der Waals surface area contributed by atoms with Crippen LogP contribution >= 0.6 is 0 Å². The third kappa shape index (κ3) is 4.54. The molecule has 1 N–H and O–H groups in total. The number of carbonyl (C=O) groups excluding carboxylic acids is 6. The van der Waals surface area contributed by atoms with Gasteiger partial charge < -0.3 is 37.9 Å². The largest absolute Gasteiger partial charge is 0.472 e. The van der Waals surface area contributed by atoms with Gasteiger partial charge in [-0.05, 0) is 24.8 Å². The Bertz CT molecular complexity index is 1590. The van der Waals surface area contributed by atoms with Crippen LogP contribution in [0.5, 0.6) is 0 Å². The van der Waals surface area contributed by atoms with Gasteiger partial charge in [0.1, 0.15) is 35.6 Å². The number of aliphatic hydroxyl groups is 1. The first kappa shape index (κ1) is 34.9. The highest BCUT2D eigenvalue weighted by Crippen LogP contribution is 2.82. The van der Waals surface area contributed by atoms with Crippen LogP contribution < -0.4 is 0 Å². The van der Waals surface area contributed by atoms with E-state index in [-0.39, 0.29) is 25.7 Å². The van der Waals surface area contributed by atoms with Crippen molar-refractivity contribution in [2.45, 2.75) is 110 Å².